The molecule has 2 unspecified atom stereocenters. The van der Waals surface area contributed by atoms with Gasteiger partial charge >= 0.3 is 6.18 Å². The smallest absolute Gasteiger partial charge is 0.407 e. The summed E-state index contributed by atoms with van der Waals surface area (Å²) in [6.07, 6.45) is -4.19. The lowest BCUT2D eigenvalue weighted by atomic mass is 9.96. The van der Waals surface area contributed by atoms with Crippen LogP contribution in [0.1, 0.15) is 45.7 Å². The van der Waals surface area contributed by atoms with Crippen molar-refractivity contribution in [3.8, 4) is 16.9 Å². The standard InChI is InChI=1S/C33H41F4N3O4S/c1-22(2)21-44-27-14-12-26(13-15-27)38-18-19-39-31(41)29(20-32(3,4)34)40-30(33(35,36)37)25-8-6-23(7-9-25)24-10-16-28(17-11-24)45(5,42)43/h6-17,22,29-30,38,40H,18-21H2,1-5H3,(H,39,41). The maximum absolute atomic E-state index is 14.7. The number of carbonyl (C=O) groups excluding carboxylic acids is 1. The van der Waals surface area contributed by atoms with Gasteiger partial charge in [-0.1, -0.05) is 50.2 Å². The zero-order valence-electron chi connectivity index (χ0n) is 26.0. The van der Waals surface area contributed by atoms with E-state index in [1.165, 1.54) is 50.2 Å². The van der Waals surface area contributed by atoms with Gasteiger partial charge < -0.3 is 15.4 Å². The van der Waals surface area contributed by atoms with Gasteiger partial charge in [0.25, 0.3) is 0 Å². The van der Waals surface area contributed by atoms with E-state index in [-0.39, 0.29) is 17.0 Å². The van der Waals surface area contributed by atoms with E-state index in [0.29, 0.717) is 30.2 Å². The molecule has 0 fully saturated rings. The molecule has 0 radical (unpaired) electrons. The summed E-state index contributed by atoms with van der Waals surface area (Å²) in [5, 5.41) is 8.09. The second kappa shape index (κ2) is 15.1. The van der Waals surface area contributed by atoms with Crippen LogP contribution in [0, 0.1) is 5.92 Å². The summed E-state index contributed by atoms with van der Waals surface area (Å²) in [6.45, 7) is 7.49. The number of carbonyl (C=O) groups is 1. The largest absolute Gasteiger partial charge is 0.493 e. The Kier molecular flexibility index (Phi) is 12.0. The minimum atomic E-state index is -4.79. The molecule has 0 bridgehead atoms. The minimum absolute atomic E-state index is 0.0961. The summed E-state index contributed by atoms with van der Waals surface area (Å²) in [6, 6.07) is 15.1. The molecular weight excluding hydrogens is 610 g/mol. The van der Waals surface area contributed by atoms with Crippen molar-refractivity contribution in [2.45, 2.75) is 62.9 Å². The number of anilines is 1. The summed E-state index contributed by atoms with van der Waals surface area (Å²) in [7, 11) is -3.39. The molecule has 12 heteroatoms. The molecule has 246 valence electrons. The number of hydrogen-bond donors (Lipinski definition) is 3. The lowest BCUT2D eigenvalue weighted by Gasteiger charge is -2.30. The van der Waals surface area contributed by atoms with Crippen LogP contribution in [0.3, 0.4) is 0 Å². The van der Waals surface area contributed by atoms with Crippen LogP contribution in [-0.2, 0) is 14.6 Å². The highest BCUT2D eigenvalue weighted by molar-refractivity contribution is 7.90. The highest BCUT2D eigenvalue weighted by Gasteiger charge is 2.43. The van der Waals surface area contributed by atoms with Crippen molar-refractivity contribution in [3.05, 3.63) is 78.4 Å². The number of hydrogen-bond acceptors (Lipinski definition) is 6. The monoisotopic (exact) mass is 651 g/mol. The first-order valence-corrected chi connectivity index (χ1v) is 16.5. The molecule has 3 aromatic rings. The fourth-order valence-corrected chi connectivity index (χ4v) is 5.13. The summed E-state index contributed by atoms with van der Waals surface area (Å²) in [5.41, 5.74) is -0.122. The average molecular weight is 652 g/mol. The van der Waals surface area contributed by atoms with E-state index < -0.39 is 46.1 Å². The van der Waals surface area contributed by atoms with Crippen molar-refractivity contribution >= 4 is 21.4 Å². The number of amides is 1. The number of nitrogens with one attached hydrogen (secondary N) is 3. The Morgan fingerprint density at radius 3 is 1.89 bits per heavy atom. The van der Waals surface area contributed by atoms with Crippen LogP contribution >= 0.6 is 0 Å². The second-order valence-electron chi connectivity index (χ2n) is 12.0. The Morgan fingerprint density at radius 2 is 1.40 bits per heavy atom. The zero-order chi connectivity index (χ0) is 33.4. The first kappa shape index (κ1) is 35.8. The summed E-state index contributed by atoms with van der Waals surface area (Å²) in [5.74, 6) is 0.360. The third-order valence-corrected chi connectivity index (χ3v) is 7.88. The summed E-state index contributed by atoms with van der Waals surface area (Å²) < 4.78 is 86.6. The fourth-order valence-electron chi connectivity index (χ4n) is 4.50. The second-order valence-corrected chi connectivity index (χ2v) is 14.0. The molecule has 3 aromatic carbocycles. The van der Waals surface area contributed by atoms with Crippen LogP contribution in [0.15, 0.2) is 77.7 Å². The predicted octanol–water partition coefficient (Wildman–Crippen LogP) is 6.72. The van der Waals surface area contributed by atoms with Crippen molar-refractivity contribution in [2.24, 2.45) is 5.92 Å². The van der Waals surface area contributed by atoms with E-state index in [0.717, 1.165) is 17.7 Å². The Labute approximate surface area is 262 Å². The van der Waals surface area contributed by atoms with Crippen LogP contribution in [0.2, 0.25) is 0 Å². The number of sulfone groups is 1. The van der Waals surface area contributed by atoms with Crippen LogP contribution < -0.4 is 20.7 Å². The van der Waals surface area contributed by atoms with Crippen LogP contribution in [-0.4, -0.2) is 58.2 Å². The van der Waals surface area contributed by atoms with E-state index in [9.17, 15) is 30.8 Å². The molecular formula is C33H41F4N3O4S. The SMILES string of the molecule is CC(C)COc1ccc(NCCNC(=O)C(CC(C)(C)F)NC(c2ccc(-c3ccc(S(C)(=O)=O)cc3)cc2)C(F)(F)F)cc1. The molecule has 7 nitrogen and oxygen atoms in total. The molecule has 0 heterocycles. The molecule has 45 heavy (non-hydrogen) atoms. The van der Waals surface area contributed by atoms with E-state index in [2.05, 4.69) is 16.0 Å². The Balaban J connectivity index is 1.67. The van der Waals surface area contributed by atoms with E-state index >= 15 is 0 Å². The topological polar surface area (TPSA) is 96.5 Å². The van der Waals surface area contributed by atoms with Gasteiger partial charge in [-0.2, -0.15) is 13.2 Å². The van der Waals surface area contributed by atoms with Crippen LogP contribution in [0.5, 0.6) is 5.75 Å². The molecule has 2 atom stereocenters. The van der Waals surface area contributed by atoms with Crippen molar-refractivity contribution in [1.29, 1.82) is 0 Å². The van der Waals surface area contributed by atoms with Crippen molar-refractivity contribution in [1.82, 2.24) is 10.6 Å². The minimum Gasteiger partial charge on any atom is -0.493 e. The van der Waals surface area contributed by atoms with Gasteiger partial charge in [0.05, 0.1) is 17.5 Å². The van der Waals surface area contributed by atoms with Gasteiger partial charge in [-0.3, -0.25) is 10.1 Å². The van der Waals surface area contributed by atoms with Gasteiger partial charge in [-0.05, 0) is 72.9 Å². The molecule has 0 saturated heterocycles. The predicted molar refractivity (Wildman–Crippen MR) is 169 cm³/mol. The Hall–Kier alpha value is -3.64. The molecule has 0 aromatic heterocycles. The number of benzene rings is 3. The van der Waals surface area contributed by atoms with Gasteiger partial charge in [0.15, 0.2) is 9.84 Å². The van der Waals surface area contributed by atoms with Crippen LogP contribution in [0.25, 0.3) is 11.1 Å². The fraction of sp³-hybridized carbons (Fsp3) is 0.424. The van der Waals surface area contributed by atoms with Crippen molar-refractivity contribution in [2.75, 3.05) is 31.3 Å². The lowest BCUT2D eigenvalue weighted by Crippen LogP contribution is -2.51. The molecule has 3 rings (SSSR count). The van der Waals surface area contributed by atoms with Gasteiger partial charge in [0, 0.05) is 31.5 Å². The first-order valence-electron chi connectivity index (χ1n) is 14.6. The Bertz CT molecular complexity index is 1490. The van der Waals surface area contributed by atoms with Gasteiger partial charge in [-0.25, -0.2) is 12.8 Å². The molecule has 0 aliphatic rings. The number of rotatable bonds is 15. The van der Waals surface area contributed by atoms with Gasteiger partial charge in [0.2, 0.25) is 5.91 Å². The highest BCUT2D eigenvalue weighted by Crippen LogP contribution is 2.35. The molecule has 0 aliphatic heterocycles. The highest BCUT2D eigenvalue weighted by atomic mass is 32.2. The molecule has 0 saturated carbocycles. The van der Waals surface area contributed by atoms with E-state index in [4.69, 9.17) is 4.74 Å². The zero-order valence-corrected chi connectivity index (χ0v) is 26.9. The van der Waals surface area contributed by atoms with Crippen LogP contribution in [0.4, 0.5) is 23.2 Å². The van der Waals surface area contributed by atoms with Gasteiger partial charge in [0.1, 0.15) is 17.5 Å². The first-order chi connectivity index (χ1) is 20.9. The third kappa shape index (κ3) is 11.7. The lowest BCUT2D eigenvalue weighted by molar-refractivity contribution is -0.161. The van der Waals surface area contributed by atoms with Gasteiger partial charge in [-0.15, -0.1) is 0 Å². The number of halogens is 4. The maximum atomic E-state index is 14.7. The summed E-state index contributed by atoms with van der Waals surface area (Å²) >= 11 is 0. The average Bonchev–Trinajstić information content (AvgIpc) is 2.95. The maximum Gasteiger partial charge on any atom is 0.407 e. The van der Waals surface area contributed by atoms with E-state index in [1.54, 1.807) is 12.1 Å². The number of ether oxygens (including phenoxy) is 1. The number of alkyl halides is 4. The molecule has 3 N–H and O–H groups in total. The quantitative estimate of drug-likeness (QED) is 0.125. The molecule has 1 amide bonds. The Morgan fingerprint density at radius 1 is 0.844 bits per heavy atom. The third-order valence-electron chi connectivity index (χ3n) is 6.75. The summed E-state index contributed by atoms with van der Waals surface area (Å²) in [4.78, 5) is 13.2. The van der Waals surface area contributed by atoms with Crippen molar-refractivity contribution in [3.63, 3.8) is 0 Å². The normalized spacial score (nSPS) is 13.7. The molecule has 0 spiro atoms. The van der Waals surface area contributed by atoms with E-state index in [1.807, 2.05) is 38.1 Å². The molecule has 0 aliphatic carbocycles. The van der Waals surface area contributed by atoms with Crippen molar-refractivity contribution < 1.29 is 35.5 Å².